The molecule has 0 unspecified atom stereocenters. The van der Waals surface area contributed by atoms with Gasteiger partial charge in [0.05, 0.1) is 0 Å². The molecule has 4 aromatic rings. The smallest absolute Gasteiger partial charge is 0.199 e. The third-order valence-corrected chi connectivity index (χ3v) is 7.01. The lowest BCUT2D eigenvalue weighted by molar-refractivity contribution is -0.462. The van der Waals surface area contributed by atoms with E-state index in [9.17, 15) is 0 Å². The molecule has 0 saturated heterocycles. The first-order chi connectivity index (χ1) is 19.5. The summed E-state index contributed by atoms with van der Waals surface area (Å²) in [5, 5.41) is 0. The Morgan fingerprint density at radius 1 is 0.575 bits per heavy atom. The summed E-state index contributed by atoms with van der Waals surface area (Å²) in [5.74, 6) is 0. The SMILES string of the molecule is CN(C)c1ccc(C(/C=C/c2ccc(N(c3ccccc3)c3ccccc3)cc2)=C2C=CC(=[N+](C)C)C=C2)cc1. The number of allylic oxidation sites excluding steroid dienone is 7. The molecule has 0 fully saturated rings. The second kappa shape index (κ2) is 12.3. The molecule has 4 aromatic carbocycles. The second-order valence-corrected chi connectivity index (χ2v) is 10.2. The van der Waals surface area contributed by atoms with Crippen molar-refractivity contribution >= 4 is 40.1 Å². The number of para-hydroxylation sites is 2. The van der Waals surface area contributed by atoms with Gasteiger partial charge >= 0.3 is 0 Å². The highest BCUT2D eigenvalue weighted by atomic mass is 15.1. The molecule has 0 saturated carbocycles. The number of hydrogen-bond donors (Lipinski definition) is 0. The Kier molecular flexibility index (Phi) is 8.22. The molecule has 0 bridgehead atoms. The lowest BCUT2D eigenvalue weighted by Gasteiger charge is -2.25. The van der Waals surface area contributed by atoms with E-state index in [1.165, 1.54) is 28.1 Å². The van der Waals surface area contributed by atoms with Gasteiger partial charge in [-0.15, -0.1) is 0 Å². The maximum Gasteiger partial charge on any atom is 0.199 e. The summed E-state index contributed by atoms with van der Waals surface area (Å²) in [6.07, 6.45) is 13.2. The summed E-state index contributed by atoms with van der Waals surface area (Å²) in [5.41, 5.74) is 10.5. The number of nitrogens with zero attached hydrogens (tertiary/aromatic N) is 3. The lowest BCUT2D eigenvalue weighted by atomic mass is 9.95. The molecular formula is C37H36N3+. The van der Waals surface area contributed by atoms with E-state index in [2.05, 4.69) is 188 Å². The number of hydrogen-bond acceptors (Lipinski definition) is 2. The fraction of sp³-hybridized carbons (Fsp3) is 0.108. The van der Waals surface area contributed by atoms with Crippen molar-refractivity contribution in [1.29, 1.82) is 0 Å². The van der Waals surface area contributed by atoms with Crippen molar-refractivity contribution in [3.8, 4) is 0 Å². The highest BCUT2D eigenvalue weighted by molar-refractivity contribution is 6.03. The van der Waals surface area contributed by atoms with Crippen LogP contribution in [0.1, 0.15) is 11.1 Å². The van der Waals surface area contributed by atoms with Crippen molar-refractivity contribution in [3.05, 3.63) is 156 Å². The molecule has 3 heteroatoms. The molecule has 0 aromatic heterocycles. The van der Waals surface area contributed by atoms with E-state index in [4.69, 9.17) is 0 Å². The maximum absolute atomic E-state index is 2.28. The summed E-state index contributed by atoms with van der Waals surface area (Å²) in [7, 11) is 8.28. The molecule has 198 valence electrons. The summed E-state index contributed by atoms with van der Waals surface area (Å²) < 4.78 is 2.13. The van der Waals surface area contributed by atoms with Crippen LogP contribution in [0.2, 0.25) is 0 Å². The summed E-state index contributed by atoms with van der Waals surface area (Å²) in [4.78, 5) is 4.41. The molecule has 40 heavy (non-hydrogen) atoms. The van der Waals surface area contributed by atoms with Crippen LogP contribution >= 0.6 is 0 Å². The van der Waals surface area contributed by atoms with Crippen molar-refractivity contribution in [2.24, 2.45) is 0 Å². The first-order valence-electron chi connectivity index (χ1n) is 13.6. The highest BCUT2D eigenvalue weighted by Gasteiger charge is 2.12. The van der Waals surface area contributed by atoms with Crippen molar-refractivity contribution in [2.45, 2.75) is 0 Å². The van der Waals surface area contributed by atoms with Gasteiger partial charge < -0.3 is 9.80 Å². The maximum atomic E-state index is 2.28. The van der Waals surface area contributed by atoms with Crippen LogP contribution < -0.4 is 9.80 Å². The van der Waals surface area contributed by atoms with Crippen LogP contribution in [-0.2, 0) is 0 Å². The van der Waals surface area contributed by atoms with E-state index in [0.29, 0.717) is 0 Å². The van der Waals surface area contributed by atoms with Crippen LogP contribution in [0.5, 0.6) is 0 Å². The topological polar surface area (TPSA) is 9.49 Å². The van der Waals surface area contributed by atoms with E-state index in [1.54, 1.807) is 0 Å². The first-order valence-corrected chi connectivity index (χ1v) is 13.6. The van der Waals surface area contributed by atoms with Gasteiger partial charge in [0, 0.05) is 49.0 Å². The highest BCUT2D eigenvalue weighted by Crippen LogP contribution is 2.34. The molecule has 1 aliphatic rings. The zero-order valence-electron chi connectivity index (χ0n) is 23.7. The monoisotopic (exact) mass is 522 g/mol. The van der Waals surface area contributed by atoms with Gasteiger partial charge in [-0.2, -0.15) is 0 Å². The van der Waals surface area contributed by atoms with Crippen molar-refractivity contribution < 1.29 is 4.58 Å². The molecule has 0 N–H and O–H groups in total. The van der Waals surface area contributed by atoms with Gasteiger partial charge in [-0.3, -0.25) is 0 Å². The Hall–Kier alpha value is -4.89. The normalized spacial score (nSPS) is 12.6. The molecular weight excluding hydrogens is 486 g/mol. The Labute approximate surface area is 238 Å². The zero-order chi connectivity index (χ0) is 27.9. The van der Waals surface area contributed by atoms with Gasteiger partial charge in [-0.05, 0) is 83.0 Å². The summed E-state index contributed by atoms with van der Waals surface area (Å²) >= 11 is 0. The third-order valence-electron chi connectivity index (χ3n) is 7.01. The van der Waals surface area contributed by atoms with E-state index < -0.39 is 0 Å². The zero-order valence-corrected chi connectivity index (χ0v) is 23.7. The summed E-state index contributed by atoms with van der Waals surface area (Å²) in [6, 6.07) is 38.5. The first kappa shape index (κ1) is 26.7. The van der Waals surface area contributed by atoms with Crippen LogP contribution in [0.4, 0.5) is 22.7 Å². The fourth-order valence-electron chi connectivity index (χ4n) is 4.75. The van der Waals surface area contributed by atoms with Gasteiger partial charge in [-0.25, -0.2) is 4.58 Å². The van der Waals surface area contributed by atoms with E-state index in [-0.39, 0.29) is 0 Å². The van der Waals surface area contributed by atoms with Gasteiger partial charge in [0.15, 0.2) is 5.71 Å². The van der Waals surface area contributed by atoms with E-state index in [0.717, 1.165) is 22.6 Å². The predicted octanol–water partition coefficient (Wildman–Crippen LogP) is 8.53. The third kappa shape index (κ3) is 6.22. The minimum Gasteiger partial charge on any atom is -0.378 e. The Morgan fingerprint density at radius 2 is 1.07 bits per heavy atom. The van der Waals surface area contributed by atoms with Crippen LogP contribution in [0.3, 0.4) is 0 Å². The quantitative estimate of drug-likeness (QED) is 0.225. The van der Waals surface area contributed by atoms with Gasteiger partial charge in [0.2, 0.25) is 0 Å². The molecule has 0 aliphatic heterocycles. The van der Waals surface area contributed by atoms with E-state index in [1.807, 2.05) is 0 Å². The van der Waals surface area contributed by atoms with Crippen molar-refractivity contribution in [3.63, 3.8) is 0 Å². The standard InChI is InChI=1S/C37H36N3/c1-38(2)32-24-18-30(19-25-32)37(31-20-26-33(27-21-31)39(3)4)28-17-29-15-22-36(23-16-29)40(34-11-7-5-8-12-34)35-13-9-6-10-14-35/h5-28H,1-4H3/q+1. The molecule has 0 spiro atoms. The van der Waals surface area contributed by atoms with Crippen LogP contribution in [0.15, 0.2) is 145 Å². The average Bonchev–Trinajstić information content (AvgIpc) is 3.00. The average molecular weight is 523 g/mol. The molecule has 0 heterocycles. The fourth-order valence-corrected chi connectivity index (χ4v) is 4.75. The molecule has 0 atom stereocenters. The number of benzene rings is 4. The Bertz CT molecular complexity index is 1520. The largest absolute Gasteiger partial charge is 0.378 e. The Morgan fingerprint density at radius 3 is 1.57 bits per heavy atom. The molecule has 1 aliphatic carbocycles. The minimum atomic E-state index is 1.12. The number of rotatable bonds is 7. The lowest BCUT2D eigenvalue weighted by Crippen LogP contribution is -2.10. The molecule has 3 nitrogen and oxygen atoms in total. The van der Waals surface area contributed by atoms with Crippen molar-refractivity contribution in [1.82, 2.24) is 0 Å². The van der Waals surface area contributed by atoms with Gasteiger partial charge in [0.1, 0.15) is 14.1 Å². The molecule has 0 radical (unpaired) electrons. The Balaban J connectivity index is 1.48. The predicted molar refractivity (Wildman–Crippen MR) is 173 cm³/mol. The van der Waals surface area contributed by atoms with E-state index >= 15 is 0 Å². The molecule has 5 rings (SSSR count). The van der Waals surface area contributed by atoms with Gasteiger partial charge in [0.25, 0.3) is 0 Å². The molecule has 0 amide bonds. The van der Waals surface area contributed by atoms with Crippen LogP contribution in [0.25, 0.3) is 11.6 Å². The van der Waals surface area contributed by atoms with Crippen LogP contribution in [-0.4, -0.2) is 38.5 Å². The van der Waals surface area contributed by atoms with Crippen LogP contribution in [0, 0.1) is 0 Å². The van der Waals surface area contributed by atoms with Gasteiger partial charge in [-0.1, -0.05) is 72.8 Å². The summed E-state index contributed by atoms with van der Waals surface area (Å²) in [6.45, 7) is 0. The van der Waals surface area contributed by atoms with Crippen molar-refractivity contribution in [2.75, 3.05) is 38.0 Å². The number of anilines is 4. The minimum absolute atomic E-state index is 1.12. The second-order valence-electron chi connectivity index (χ2n) is 10.2.